The molecule has 0 bridgehead atoms. The fraction of sp³-hybridized carbons (Fsp3) is 0.346. The maximum absolute atomic E-state index is 12.7. The molecule has 1 aromatic heterocycles. The number of likely N-dealkylation sites (tertiary alicyclic amines) is 1. The minimum absolute atomic E-state index is 0.0664. The Morgan fingerprint density at radius 3 is 2.70 bits per heavy atom. The number of carbonyl (C=O) groups is 2. The summed E-state index contributed by atoms with van der Waals surface area (Å²) in [4.78, 5) is 31.6. The highest BCUT2D eigenvalue weighted by molar-refractivity contribution is 7.99. The van der Waals surface area contributed by atoms with E-state index in [1.807, 2.05) is 39.9 Å². The Kier molecular flexibility index (Phi) is 7.50. The fourth-order valence-corrected chi connectivity index (χ4v) is 4.83. The highest BCUT2D eigenvalue weighted by Crippen LogP contribution is 2.23. The van der Waals surface area contributed by atoms with Gasteiger partial charge in [-0.25, -0.2) is 4.98 Å². The maximum atomic E-state index is 12.7. The molecule has 2 heterocycles. The van der Waals surface area contributed by atoms with Crippen LogP contribution in [-0.4, -0.2) is 45.1 Å². The molecule has 7 heteroatoms. The van der Waals surface area contributed by atoms with Gasteiger partial charge in [-0.2, -0.15) is 0 Å². The van der Waals surface area contributed by atoms with Gasteiger partial charge >= 0.3 is 0 Å². The van der Waals surface area contributed by atoms with Gasteiger partial charge in [-0.3, -0.25) is 14.2 Å². The topological polar surface area (TPSA) is 67.2 Å². The molecular formula is C26H30N4O2S. The Hall–Kier alpha value is -3.06. The molecule has 0 saturated carbocycles. The van der Waals surface area contributed by atoms with Crippen LogP contribution in [0.2, 0.25) is 0 Å². The van der Waals surface area contributed by atoms with Gasteiger partial charge in [0.25, 0.3) is 5.91 Å². The zero-order valence-electron chi connectivity index (χ0n) is 19.2. The number of aromatic nitrogens is 2. The lowest BCUT2D eigenvalue weighted by Crippen LogP contribution is -2.35. The second-order valence-electron chi connectivity index (χ2n) is 8.49. The highest BCUT2D eigenvalue weighted by Gasteiger charge is 2.18. The van der Waals surface area contributed by atoms with Gasteiger partial charge < -0.3 is 10.2 Å². The van der Waals surface area contributed by atoms with Crippen LogP contribution in [0.4, 0.5) is 0 Å². The average Bonchev–Trinajstić information content (AvgIpc) is 3.31. The molecular weight excluding hydrogens is 432 g/mol. The number of carbonyl (C=O) groups excluding carboxylic acids is 2. The summed E-state index contributed by atoms with van der Waals surface area (Å²) in [7, 11) is 0. The van der Waals surface area contributed by atoms with Crippen LogP contribution in [0, 0.1) is 13.8 Å². The molecule has 0 unspecified atom stereocenters. The number of thioether (sulfide) groups is 1. The number of benzene rings is 2. The number of nitrogens with one attached hydrogen (secondary N) is 1. The molecule has 6 nitrogen and oxygen atoms in total. The lowest BCUT2D eigenvalue weighted by molar-refractivity contribution is -0.118. The third kappa shape index (κ3) is 5.85. The smallest absolute Gasteiger partial charge is 0.253 e. The molecule has 4 rings (SSSR count). The number of hydrogen-bond acceptors (Lipinski definition) is 4. The lowest BCUT2D eigenvalue weighted by Gasteiger charge is -2.26. The molecule has 33 heavy (non-hydrogen) atoms. The summed E-state index contributed by atoms with van der Waals surface area (Å²) in [5, 5.41) is 3.75. The van der Waals surface area contributed by atoms with E-state index in [9.17, 15) is 9.59 Å². The van der Waals surface area contributed by atoms with Crippen molar-refractivity contribution in [3.05, 3.63) is 77.1 Å². The summed E-state index contributed by atoms with van der Waals surface area (Å²) in [6, 6.07) is 13.9. The summed E-state index contributed by atoms with van der Waals surface area (Å²) in [6.45, 7) is 6.19. The van der Waals surface area contributed by atoms with Crippen LogP contribution < -0.4 is 5.32 Å². The normalized spacial score (nSPS) is 13.7. The van der Waals surface area contributed by atoms with Crippen LogP contribution >= 0.6 is 11.8 Å². The predicted octanol–water partition coefficient (Wildman–Crippen LogP) is 4.52. The summed E-state index contributed by atoms with van der Waals surface area (Å²) in [5.74, 6) is 0.286. The molecule has 2 aromatic carbocycles. The van der Waals surface area contributed by atoms with Crippen LogP contribution in [0.25, 0.3) is 5.69 Å². The lowest BCUT2D eigenvalue weighted by atomic mass is 10.1. The van der Waals surface area contributed by atoms with E-state index in [-0.39, 0.29) is 17.6 Å². The Balaban J connectivity index is 1.32. The molecule has 172 valence electrons. The first-order valence-corrected chi connectivity index (χ1v) is 12.4. The van der Waals surface area contributed by atoms with Crippen LogP contribution in [0.15, 0.2) is 60.0 Å². The molecule has 0 aliphatic carbocycles. The zero-order chi connectivity index (χ0) is 23.2. The first-order valence-electron chi connectivity index (χ1n) is 11.4. The quantitative estimate of drug-likeness (QED) is 0.524. The minimum Gasteiger partial charge on any atom is -0.351 e. The summed E-state index contributed by atoms with van der Waals surface area (Å²) >= 11 is 1.41. The molecule has 0 spiro atoms. The maximum Gasteiger partial charge on any atom is 0.253 e. The molecule has 1 N–H and O–H groups in total. The van der Waals surface area contributed by atoms with Crippen LogP contribution in [0.5, 0.6) is 0 Å². The van der Waals surface area contributed by atoms with Gasteiger partial charge in [0, 0.05) is 37.6 Å². The van der Waals surface area contributed by atoms with Crippen molar-refractivity contribution in [2.24, 2.45) is 0 Å². The van der Waals surface area contributed by atoms with Crippen molar-refractivity contribution < 1.29 is 9.59 Å². The first-order chi connectivity index (χ1) is 16.0. The van der Waals surface area contributed by atoms with Gasteiger partial charge in [0.2, 0.25) is 5.91 Å². The average molecular weight is 463 g/mol. The third-order valence-corrected chi connectivity index (χ3v) is 6.84. The van der Waals surface area contributed by atoms with Crippen molar-refractivity contribution in [2.75, 3.05) is 18.8 Å². The van der Waals surface area contributed by atoms with Gasteiger partial charge in [0.05, 0.1) is 11.4 Å². The van der Waals surface area contributed by atoms with Crippen molar-refractivity contribution in [3.8, 4) is 5.69 Å². The molecule has 0 atom stereocenters. The summed E-state index contributed by atoms with van der Waals surface area (Å²) in [5.41, 5.74) is 5.02. The second kappa shape index (κ2) is 10.7. The van der Waals surface area contributed by atoms with Crippen molar-refractivity contribution in [2.45, 2.75) is 44.8 Å². The first kappa shape index (κ1) is 23.1. The standard InChI is InChI=1S/C26H30N4O2S/c1-19-9-10-20(2)23(15-19)30-14-11-27-26(30)33-18-24(31)28-17-21-7-6-8-22(16-21)25(32)29-12-4-3-5-13-29/h6-11,14-16H,3-5,12-13,17-18H2,1-2H3,(H,28,31). The number of hydrogen-bond donors (Lipinski definition) is 1. The highest BCUT2D eigenvalue weighted by atomic mass is 32.2. The largest absolute Gasteiger partial charge is 0.351 e. The van der Waals surface area contributed by atoms with Crippen LogP contribution in [-0.2, 0) is 11.3 Å². The molecule has 1 aliphatic rings. The van der Waals surface area contributed by atoms with Crippen LogP contribution in [0.3, 0.4) is 0 Å². The molecule has 2 amide bonds. The number of rotatable bonds is 7. The van der Waals surface area contributed by atoms with Crippen molar-refractivity contribution in [3.63, 3.8) is 0 Å². The van der Waals surface area contributed by atoms with Crippen molar-refractivity contribution in [1.29, 1.82) is 0 Å². The van der Waals surface area contributed by atoms with Gasteiger partial charge in [0.15, 0.2) is 5.16 Å². The summed E-state index contributed by atoms with van der Waals surface area (Å²) in [6.07, 6.45) is 7.01. The van der Waals surface area contributed by atoms with Crippen molar-refractivity contribution >= 4 is 23.6 Å². The number of nitrogens with zero attached hydrogens (tertiary/aromatic N) is 3. The molecule has 1 saturated heterocycles. The van der Waals surface area contributed by atoms with E-state index in [2.05, 4.69) is 42.3 Å². The summed E-state index contributed by atoms with van der Waals surface area (Å²) < 4.78 is 2.02. The van der Waals surface area contributed by atoms with Gasteiger partial charge in [-0.05, 0) is 68.0 Å². The number of piperidine rings is 1. The number of amides is 2. The Labute approximate surface area is 199 Å². The third-order valence-electron chi connectivity index (χ3n) is 5.87. The zero-order valence-corrected chi connectivity index (χ0v) is 20.0. The van der Waals surface area contributed by atoms with E-state index in [4.69, 9.17) is 0 Å². The van der Waals surface area contributed by atoms with E-state index in [0.29, 0.717) is 12.1 Å². The van der Waals surface area contributed by atoms with E-state index in [0.717, 1.165) is 47.9 Å². The Morgan fingerprint density at radius 2 is 1.88 bits per heavy atom. The molecule has 3 aromatic rings. The Morgan fingerprint density at radius 1 is 1.06 bits per heavy atom. The van der Waals surface area contributed by atoms with Gasteiger partial charge in [0.1, 0.15) is 0 Å². The monoisotopic (exact) mass is 462 g/mol. The van der Waals surface area contributed by atoms with E-state index >= 15 is 0 Å². The van der Waals surface area contributed by atoms with E-state index < -0.39 is 0 Å². The minimum atomic E-state index is -0.0664. The SMILES string of the molecule is Cc1ccc(C)c(-n2ccnc2SCC(=O)NCc2cccc(C(=O)N3CCCCC3)c2)c1. The number of aryl methyl sites for hydroxylation is 2. The van der Waals surface area contributed by atoms with Crippen LogP contribution in [0.1, 0.15) is 46.3 Å². The number of imidazole rings is 1. The van der Waals surface area contributed by atoms with Gasteiger partial charge in [-0.1, -0.05) is 36.0 Å². The van der Waals surface area contributed by atoms with E-state index in [1.165, 1.54) is 23.7 Å². The molecule has 1 aliphatic heterocycles. The van der Waals surface area contributed by atoms with Gasteiger partial charge in [-0.15, -0.1) is 0 Å². The second-order valence-corrected chi connectivity index (χ2v) is 9.43. The van der Waals surface area contributed by atoms with E-state index in [1.54, 1.807) is 6.20 Å². The van der Waals surface area contributed by atoms with Crippen molar-refractivity contribution in [1.82, 2.24) is 19.8 Å². The fourth-order valence-electron chi connectivity index (χ4n) is 4.03. The molecule has 1 fully saturated rings. The predicted molar refractivity (Wildman–Crippen MR) is 132 cm³/mol. The molecule has 0 radical (unpaired) electrons. The Bertz CT molecular complexity index is 1130.